The van der Waals surface area contributed by atoms with E-state index in [2.05, 4.69) is 5.32 Å². The summed E-state index contributed by atoms with van der Waals surface area (Å²) in [6, 6.07) is -0.0717. The fourth-order valence-corrected chi connectivity index (χ4v) is 2.25. The lowest BCUT2D eigenvalue weighted by molar-refractivity contribution is -0.168. The van der Waals surface area contributed by atoms with E-state index in [1.165, 1.54) is 0 Å². The number of hydrogen-bond donors (Lipinski definition) is 2. The summed E-state index contributed by atoms with van der Waals surface area (Å²) in [5.74, 6) is 0. The molecule has 0 atom stereocenters. The Labute approximate surface area is 86.9 Å². The molecular formula is C10H16F3NO. The van der Waals surface area contributed by atoms with Crippen LogP contribution in [0.15, 0.2) is 0 Å². The summed E-state index contributed by atoms with van der Waals surface area (Å²) < 4.78 is 37.8. The van der Waals surface area contributed by atoms with Crippen LogP contribution in [0.4, 0.5) is 13.2 Å². The SMILES string of the molecule is OC1CCC(NC2(C(F)(F)F)CC2)CC1. The molecule has 0 spiro atoms. The number of rotatable bonds is 2. The van der Waals surface area contributed by atoms with Crippen LogP contribution in [-0.2, 0) is 0 Å². The van der Waals surface area contributed by atoms with E-state index in [1.807, 2.05) is 0 Å². The van der Waals surface area contributed by atoms with Crippen molar-refractivity contribution in [3.63, 3.8) is 0 Å². The van der Waals surface area contributed by atoms with Gasteiger partial charge in [-0.25, -0.2) is 0 Å². The molecule has 2 saturated carbocycles. The molecule has 0 aromatic heterocycles. The Morgan fingerprint density at radius 3 is 2.00 bits per heavy atom. The van der Waals surface area contributed by atoms with Gasteiger partial charge in [0.25, 0.3) is 0 Å². The normalized spacial score (nSPS) is 35.2. The highest BCUT2D eigenvalue weighted by Crippen LogP contribution is 2.49. The van der Waals surface area contributed by atoms with E-state index in [9.17, 15) is 18.3 Å². The number of aliphatic hydroxyl groups is 1. The van der Waals surface area contributed by atoms with Crippen molar-refractivity contribution in [2.24, 2.45) is 0 Å². The van der Waals surface area contributed by atoms with Gasteiger partial charge in [-0.05, 0) is 38.5 Å². The summed E-state index contributed by atoms with van der Waals surface area (Å²) in [4.78, 5) is 0. The van der Waals surface area contributed by atoms with Gasteiger partial charge in [-0.15, -0.1) is 0 Å². The average Bonchev–Trinajstić information content (AvgIpc) is 2.89. The molecule has 88 valence electrons. The van der Waals surface area contributed by atoms with Crippen molar-refractivity contribution < 1.29 is 18.3 Å². The van der Waals surface area contributed by atoms with Crippen molar-refractivity contribution in [2.45, 2.75) is 62.4 Å². The molecule has 0 unspecified atom stereocenters. The largest absolute Gasteiger partial charge is 0.406 e. The number of aliphatic hydroxyl groups excluding tert-OH is 1. The fraction of sp³-hybridized carbons (Fsp3) is 1.00. The van der Waals surface area contributed by atoms with Gasteiger partial charge in [0.2, 0.25) is 0 Å². The van der Waals surface area contributed by atoms with Crippen LogP contribution in [0.25, 0.3) is 0 Å². The van der Waals surface area contributed by atoms with Gasteiger partial charge in [0, 0.05) is 6.04 Å². The number of hydrogen-bond acceptors (Lipinski definition) is 2. The minimum Gasteiger partial charge on any atom is -0.393 e. The average molecular weight is 223 g/mol. The molecule has 2 aliphatic rings. The van der Waals surface area contributed by atoms with Gasteiger partial charge < -0.3 is 10.4 Å². The molecule has 0 radical (unpaired) electrons. The van der Waals surface area contributed by atoms with E-state index >= 15 is 0 Å². The first-order valence-corrected chi connectivity index (χ1v) is 5.45. The maximum absolute atomic E-state index is 12.6. The van der Waals surface area contributed by atoms with Crippen molar-refractivity contribution in [2.75, 3.05) is 0 Å². The van der Waals surface area contributed by atoms with Crippen LogP contribution in [0.2, 0.25) is 0 Å². The Bertz CT molecular complexity index is 229. The minimum atomic E-state index is -4.12. The Morgan fingerprint density at radius 1 is 1.07 bits per heavy atom. The van der Waals surface area contributed by atoms with Crippen LogP contribution in [0, 0.1) is 0 Å². The maximum Gasteiger partial charge on any atom is 0.406 e. The van der Waals surface area contributed by atoms with Gasteiger partial charge in [-0.3, -0.25) is 0 Å². The molecule has 2 rings (SSSR count). The molecule has 2 aliphatic carbocycles. The van der Waals surface area contributed by atoms with Gasteiger partial charge >= 0.3 is 6.18 Å². The van der Waals surface area contributed by atoms with Crippen LogP contribution in [-0.4, -0.2) is 29.0 Å². The Kier molecular flexibility index (Phi) is 2.71. The third-order valence-corrected chi connectivity index (χ3v) is 3.47. The number of halogens is 3. The van der Waals surface area contributed by atoms with Gasteiger partial charge in [0.15, 0.2) is 0 Å². The van der Waals surface area contributed by atoms with Crippen LogP contribution in [0.3, 0.4) is 0 Å². The van der Waals surface area contributed by atoms with Gasteiger partial charge in [-0.1, -0.05) is 0 Å². The molecule has 5 heteroatoms. The zero-order chi connectivity index (χ0) is 11.1. The second kappa shape index (κ2) is 3.63. The van der Waals surface area contributed by atoms with Crippen molar-refractivity contribution in [3.05, 3.63) is 0 Å². The van der Waals surface area contributed by atoms with E-state index in [0.717, 1.165) is 0 Å². The summed E-state index contributed by atoms with van der Waals surface area (Å²) in [5.41, 5.74) is -1.60. The summed E-state index contributed by atoms with van der Waals surface area (Å²) in [5, 5.41) is 12.0. The lowest BCUT2D eigenvalue weighted by Crippen LogP contribution is -2.50. The minimum absolute atomic E-state index is 0.0717. The Morgan fingerprint density at radius 2 is 1.60 bits per heavy atom. The Balaban J connectivity index is 1.87. The third kappa shape index (κ3) is 2.28. The smallest absolute Gasteiger partial charge is 0.393 e. The summed E-state index contributed by atoms with van der Waals surface area (Å²) >= 11 is 0. The highest BCUT2D eigenvalue weighted by atomic mass is 19.4. The topological polar surface area (TPSA) is 32.3 Å². The highest BCUT2D eigenvalue weighted by Gasteiger charge is 2.63. The predicted molar refractivity (Wildman–Crippen MR) is 49.4 cm³/mol. The maximum atomic E-state index is 12.6. The fourth-order valence-electron chi connectivity index (χ4n) is 2.25. The van der Waals surface area contributed by atoms with E-state index < -0.39 is 11.7 Å². The molecule has 2 N–H and O–H groups in total. The second-order valence-electron chi connectivity index (χ2n) is 4.73. The molecule has 0 aliphatic heterocycles. The monoisotopic (exact) mass is 223 g/mol. The molecule has 2 fully saturated rings. The second-order valence-corrected chi connectivity index (χ2v) is 4.73. The molecule has 0 heterocycles. The van der Waals surface area contributed by atoms with Crippen molar-refractivity contribution in [1.82, 2.24) is 5.32 Å². The number of alkyl halides is 3. The molecule has 0 aromatic carbocycles. The molecule has 15 heavy (non-hydrogen) atoms. The molecule has 0 saturated heterocycles. The van der Waals surface area contributed by atoms with E-state index in [0.29, 0.717) is 25.7 Å². The van der Waals surface area contributed by atoms with Gasteiger partial charge in [-0.2, -0.15) is 13.2 Å². The van der Waals surface area contributed by atoms with Crippen LogP contribution < -0.4 is 5.32 Å². The van der Waals surface area contributed by atoms with Crippen LogP contribution >= 0.6 is 0 Å². The van der Waals surface area contributed by atoms with E-state index in [1.54, 1.807) is 0 Å². The van der Waals surface area contributed by atoms with Gasteiger partial charge in [0.05, 0.1) is 6.10 Å². The number of nitrogens with one attached hydrogen (secondary N) is 1. The summed E-state index contributed by atoms with van der Waals surface area (Å²) in [6.07, 6.45) is -1.49. The summed E-state index contributed by atoms with van der Waals surface area (Å²) in [7, 11) is 0. The lowest BCUT2D eigenvalue weighted by atomic mass is 9.92. The highest BCUT2D eigenvalue weighted by molar-refractivity contribution is 5.09. The third-order valence-electron chi connectivity index (χ3n) is 3.47. The van der Waals surface area contributed by atoms with E-state index in [4.69, 9.17) is 0 Å². The zero-order valence-electron chi connectivity index (χ0n) is 8.48. The predicted octanol–water partition coefficient (Wildman–Crippen LogP) is 1.97. The van der Waals surface area contributed by atoms with Crippen LogP contribution in [0.5, 0.6) is 0 Å². The first-order valence-electron chi connectivity index (χ1n) is 5.45. The summed E-state index contributed by atoms with van der Waals surface area (Å²) in [6.45, 7) is 0. The molecular weight excluding hydrogens is 207 g/mol. The van der Waals surface area contributed by atoms with Crippen molar-refractivity contribution in [3.8, 4) is 0 Å². The first kappa shape index (κ1) is 11.2. The van der Waals surface area contributed by atoms with Crippen molar-refractivity contribution in [1.29, 1.82) is 0 Å². The Hall–Kier alpha value is -0.290. The molecule has 0 aromatic rings. The standard InChI is InChI=1S/C10H16F3NO/c11-10(12,13)9(5-6-9)14-7-1-3-8(15)4-2-7/h7-8,14-15H,1-6H2. The quantitative estimate of drug-likeness (QED) is 0.750. The molecule has 2 nitrogen and oxygen atoms in total. The van der Waals surface area contributed by atoms with Gasteiger partial charge in [0.1, 0.15) is 5.54 Å². The molecule has 0 bridgehead atoms. The van der Waals surface area contributed by atoms with Crippen LogP contribution in [0.1, 0.15) is 38.5 Å². The van der Waals surface area contributed by atoms with E-state index in [-0.39, 0.29) is 25.0 Å². The molecule has 0 amide bonds. The van der Waals surface area contributed by atoms with Crippen molar-refractivity contribution >= 4 is 0 Å². The zero-order valence-corrected chi connectivity index (χ0v) is 8.48. The first-order chi connectivity index (χ1) is 6.93. The lowest BCUT2D eigenvalue weighted by Gasteiger charge is -2.31.